The third-order valence-electron chi connectivity index (χ3n) is 2.75. The summed E-state index contributed by atoms with van der Waals surface area (Å²) in [5, 5.41) is 22.5. The Bertz CT molecular complexity index is 493. The number of nitrogens with one attached hydrogen (secondary N) is 1. The van der Waals surface area contributed by atoms with Crippen LogP contribution in [0.5, 0.6) is 11.5 Å². The van der Waals surface area contributed by atoms with E-state index in [1.165, 1.54) is 6.07 Å². The molecule has 0 saturated carbocycles. The van der Waals surface area contributed by atoms with E-state index in [-0.39, 0.29) is 5.75 Å². The molecule has 0 saturated heterocycles. The monoisotopic (exact) mass is 297 g/mol. The van der Waals surface area contributed by atoms with E-state index in [1.807, 2.05) is 0 Å². The molecule has 4 N–H and O–H groups in total. The normalized spacial score (nSPS) is 10.1. The van der Waals surface area contributed by atoms with Gasteiger partial charge in [0.25, 0.3) is 0 Å². The number of carbonyl (C=O) groups is 1. The Morgan fingerprint density at radius 3 is 2.71 bits per heavy atom. The van der Waals surface area contributed by atoms with Crippen LogP contribution in [0.15, 0.2) is 18.2 Å². The summed E-state index contributed by atoms with van der Waals surface area (Å²) >= 11 is 0. The summed E-state index contributed by atoms with van der Waals surface area (Å²) in [5.41, 5.74) is 4.85. The van der Waals surface area contributed by atoms with E-state index in [2.05, 4.69) is 5.32 Å². The molecule has 21 heavy (non-hydrogen) atoms. The number of benzene rings is 1. The van der Waals surface area contributed by atoms with Crippen LogP contribution in [0.1, 0.15) is 25.7 Å². The molecule has 0 aliphatic carbocycles. The fourth-order valence-corrected chi connectivity index (χ4v) is 1.67. The highest BCUT2D eigenvalue weighted by Gasteiger charge is 2.15. The van der Waals surface area contributed by atoms with Crippen molar-refractivity contribution in [1.82, 2.24) is 5.32 Å². The van der Waals surface area contributed by atoms with E-state index >= 15 is 0 Å². The second-order valence-corrected chi connectivity index (χ2v) is 4.43. The number of nitrogens with zero attached hydrogens (tertiary/aromatic N) is 1. The number of aromatic hydroxyl groups is 1. The first-order chi connectivity index (χ1) is 10.0. The molecule has 0 bridgehead atoms. The van der Waals surface area contributed by atoms with E-state index in [9.17, 15) is 20.0 Å². The van der Waals surface area contributed by atoms with Crippen molar-refractivity contribution in [2.75, 3.05) is 13.1 Å². The number of carbonyl (C=O) groups excluding carboxylic acids is 1. The third kappa shape index (κ3) is 6.09. The predicted octanol–water partition coefficient (Wildman–Crippen LogP) is 1.91. The number of ether oxygens (including phenoxy) is 1. The summed E-state index contributed by atoms with van der Waals surface area (Å²) in [6.07, 6.45) is 3.06. The summed E-state index contributed by atoms with van der Waals surface area (Å²) in [6.45, 7) is 1.12. The number of nitro benzene ring substituents is 1. The zero-order valence-electron chi connectivity index (χ0n) is 11.6. The van der Waals surface area contributed by atoms with Crippen LogP contribution in [0.25, 0.3) is 0 Å². The molecule has 0 spiro atoms. The molecule has 1 aromatic carbocycles. The number of hydrogen-bond acceptors (Lipinski definition) is 6. The molecule has 0 aromatic heterocycles. The molecule has 0 fully saturated rings. The molecule has 1 amide bonds. The zero-order valence-corrected chi connectivity index (χ0v) is 11.6. The molecule has 8 nitrogen and oxygen atoms in total. The van der Waals surface area contributed by atoms with Crippen molar-refractivity contribution in [2.45, 2.75) is 25.7 Å². The fraction of sp³-hybridized carbons (Fsp3) is 0.462. The number of nitrogens with two attached hydrogens (primary N) is 1. The minimum Gasteiger partial charge on any atom is -0.502 e. The maximum Gasteiger partial charge on any atom is 0.412 e. The van der Waals surface area contributed by atoms with Crippen LogP contribution in [0, 0.1) is 10.1 Å². The Kier molecular flexibility index (Phi) is 6.96. The number of nitro groups is 1. The SMILES string of the molecule is NCCCCCCNC(=O)Oc1ccc(O)c([N+](=O)[O-])c1. The molecule has 0 unspecified atom stereocenters. The van der Waals surface area contributed by atoms with E-state index in [0.29, 0.717) is 13.1 Å². The van der Waals surface area contributed by atoms with Gasteiger partial charge in [-0.15, -0.1) is 0 Å². The number of phenolic OH excluding ortho intramolecular Hbond substituents is 1. The van der Waals surface area contributed by atoms with Gasteiger partial charge in [-0.25, -0.2) is 4.79 Å². The van der Waals surface area contributed by atoms with Crippen LogP contribution in [0.4, 0.5) is 10.5 Å². The highest BCUT2D eigenvalue weighted by molar-refractivity contribution is 5.70. The van der Waals surface area contributed by atoms with Gasteiger partial charge in [-0.05, 0) is 31.5 Å². The Morgan fingerprint density at radius 2 is 2.05 bits per heavy atom. The lowest BCUT2D eigenvalue weighted by Crippen LogP contribution is -2.27. The Labute approximate surface area is 122 Å². The minimum atomic E-state index is -0.752. The molecular weight excluding hydrogens is 278 g/mol. The first kappa shape index (κ1) is 16.7. The van der Waals surface area contributed by atoms with Gasteiger partial charge in [0.05, 0.1) is 11.0 Å². The average molecular weight is 297 g/mol. The van der Waals surface area contributed by atoms with Crippen molar-refractivity contribution in [1.29, 1.82) is 0 Å². The van der Waals surface area contributed by atoms with Gasteiger partial charge >= 0.3 is 11.8 Å². The minimum absolute atomic E-state index is 0.000122. The van der Waals surface area contributed by atoms with Gasteiger partial charge in [-0.1, -0.05) is 12.8 Å². The van der Waals surface area contributed by atoms with Gasteiger partial charge in [0.2, 0.25) is 0 Å². The molecule has 116 valence electrons. The third-order valence-corrected chi connectivity index (χ3v) is 2.75. The van der Waals surface area contributed by atoms with Crippen LogP contribution in [-0.2, 0) is 0 Å². The first-order valence-corrected chi connectivity index (χ1v) is 6.67. The van der Waals surface area contributed by atoms with E-state index in [4.69, 9.17) is 10.5 Å². The summed E-state index contributed by atoms with van der Waals surface area (Å²) in [7, 11) is 0. The standard InChI is InChI=1S/C13H19N3O5/c14-7-3-1-2-4-8-15-13(18)21-10-5-6-12(17)11(9-10)16(19)20/h5-6,9,17H,1-4,7-8,14H2,(H,15,18). The van der Waals surface area contributed by atoms with E-state index < -0.39 is 22.5 Å². The second kappa shape index (κ2) is 8.75. The lowest BCUT2D eigenvalue weighted by Gasteiger charge is -2.06. The van der Waals surface area contributed by atoms with Crippen molar-refractivity contribution in [3.63, 3.8) is 0 Å². The van der Waals surface area contributed by atoms with Crippen LogP contribution < -0.4 is 15.8 Å². The molecule has 0 radical (unpaired) electrons. The second-order valence-electron chi connectivity index (χ2n) is 4.43. The lowest BCUT2D eigenvalue weighted by molar-refractivity contribution is -0.385. The summed E-state index contributed by atoms with van der Waals surface area (Å²) < 4.78 is 4.90. The largest absolute Gasteiger partial charge is 0.502 e. The smallest absolute Gasteiger partial charge is 0.412 e. The van der Waals surface area contributed by atoms with Crippen molar-refractivity contribution in [2.24, 2.45) is 5.73 Å². The molecule has 1 rings (SSSR count). The molecule has 0 aliphatic rings. The topological polar surface area (TPSA) is 128 Å². The van der Waals surface area contributed by atoms with Crippen molar-refractivity contribution >= 4 is 11.8 Å². The summed E-state index contributed by atoms with van der Waals surface area (Å²) in [6, 6.07) is 3.38. The van der Waals surface area contributed by atoms with Gasteiger partial charge in [-0.2, -0.15) is 0 Å². The molecule has 0 heterocycles. The molecular formula is C13H19N3O5. The Hall–Kier alpha value is -2.35. The average Bonchev–Trinajstić information content (AvgIpc) is 2.44. The first-order valence-electron chi connectivity index (χ1n) is 6.67. The lowest BCUT2D eigenvalue weighted by atomic mass is 10.2. The highest BCUT2D eigenvalue weighted by Crippen LogP contribution is 2.29. The van der Waals surface area contributed by atoms with Crippen molar-refractivity contribution in [3.8, 4) is 11.5 Å². The summed E-state index contributed by atoms with van der Waals surface area (Å²) in [5.74, 6) is -0.479. The number of phenols is 1. The summed E-state index contributed by atoms with van der Waals surface area (Å²) in [4.78, 5) is 21.4. The fourth-order valence-electron chi connectivity index (χ4n) is 1.67. The van der Waals surface area contributed by atoms with E-state index in [1.54, 1.807) is 0 Å². The van der Waals surface area contributed by atoms with Gasteiger partial charge in [0, 0.05) is 6.54 Å². The maximum absolute atomic E-state index is 11.5. The van der Waals surface area contributed by atoms with Crippen molar-refractivity contribution in [3.05, 3.63) is 28.3 Å². The van der Waals surface area contributed by atoms with Gasteiger partial charge < -0.3 is 20.9 Å². The number of rotatable bonds is 8. The molecule has 0 atom stereocenters. The highest BCUT2D eigenvalue weighted by atomic mass is 16.6. The zero-order chi connectivity index (χ0) is 15.7. The molecule has 8 heteroatoms. The Balaban J connectivity index is 2.38. The van der Waals surface area contributed by atoms with Crippen LogP contribution in [0.2, 0.25) is 0 Å². The number of unbranched alkanes of at least 4 members (excludes halogenated alkanes) is 3. The van der Waals surface area contributed by atoms with Crippen LogP contribution in [-0.4, -0.2) is 29.2 Å². The molecule has 0 aliphatic heterocycles. The van der Waals surface area contributed by atoms with Crippen LogP contribution in [0.3, 0.4) is 0 Å². The Morgan fingerprint density at radius 1 is 1.33 bits per heavy atom. The molecule has 1 aromatic rings. The van der Waals surface area contributed by atoms with Gasteiger partial charge in [-0.3, -0.25) is 10.1 Å². The van der Waals surface area contributed by atoms with Gasteiger partial charge in [0.15, 0.2) is 5.75 Å². The number of amides is 1. The number of hydrogen-bond donors (Lipinski definition) is 3. The van der Waals surface area contributed by atoms with Gasteiger partial charge in [0.1, 0.15) is 5.75 Å². The van der Waals surface area contributed by atoms with E-state index in [0.717, 1.165) is 37.8 Å². The predicted molar refractivity (Wildman–Crippen MR) is 76.3 cm³/mol. The maximum atomic E-state index is 11.5. The quantitative estimate of drug-likeness (QED) is 0.382. The van der Waals surface area contributed by atoms with Crippen molar-refractivity contribution < 1.29 is 19.6 Å². The van der Waals surface area contributed by atoms with Crippen LogP contribution >= 0.6 is 0 Å².